The van der Waals surface area contributed by atoms with Crippen molar-refractivity contribution in [2.24, 2.45) is 0 Å². The molecular weight excluding hydrogens is 287 g/mol. The first kappa shape index (κ1) is 12.8. The van der Waals surface area contributed by atoms with E-state index in [0.29, 0.717) is 0 Å². The number of rotatable bonds is 2. The van der Waals surface area contributed by atoms with Crippen LogP contribution in [0.4, 0.5) is 0 Å². The molecule has 90 valence electrons. The number of hydrogen-bond acceptors (Lipinski definition) is 1. The van der Waals surface area contributed by atoms with Gasteiger partial charge in [-0.05, 0) is 0 Å². The Bertz CT molecular complexity index is 559. The fraction of sp³-hybridized carbons (Fsp3) is 0.125. The first-order valence-electron chi connectivity index (χ1n) is 5.66. The predicted molar refractivity (Wildman–Crippen MR) is 76.4 cm³/mol. The van der Waals surface area contributed by atoms with Crippen molar-refractivity contribution in [3.63, 3.8) is 0 Å². The second kappa shape index (κ2) is 6.31. The molecule has 0 aliphatic heterocycles. The Morgan fingerprint density at radius 3 is 2.22 bits per heavy atom. The third kappa shape index (κ3) is 3.67. The fourth-order valence-corrected chi connectivity index (χ4v) is 2.60. The minimum atomic E-state index is 0.216. The molecule has 0 aliphatic rings. The topological polar surface area (TPSA) is 9.23 Å². The Balaban J connectivity index is 2.01. The Hall–Kier alpha value is -1.68. The van der Waals surface area contributed by atoms with Gasteiger partial charge in [-0.3, -0.25) is 0 Å². The molecule has 0 spiro atoms. The van der Waals surface area contributed by atoms with E-state index in [2.05, 4.69) is 41.9 Å². The van der Waals surface area contributed by atoms with Gasteiger partial charge in [0.05, 0.1) is 0 Å². The standard InChI is InChI=1S/C16H14OSe/c1-13-3-9-16(10-4-13)18-12-11-14-5-7-15(17-2)8-6-14/h3-10H,1-2H3. The molecule has 0 aromatic heterocycles. The number of methoxy groups -OCH3 is 1. The van der Waals surface area contributed by atoms with Crippen LogP contribution in [0, 0.1) is 17.7 Å². The molecule has 0 saturated carbocycles. The molecule has 0 aliphatic carbocycles. The zero-order valence-electron chi connectivity index (χ0n) is 10.4. The zero-order chi connectivity index (χ0) is 12.8. The Morgan fingerprint density at radius 1 is 0.944 bits per heavy atom. The average molecular weight is 301 g/mol. The van der Waals surface area contributed by atoms with E-state index < -0.39 is 0 Å². The summed E-state index contributed by atoms with van der Waals surface area (Å²) < 4.78 is 6.42. The van der Waals surface area contributed by atoms with Gasteiger partial charge >= 0.3 is 114 Å². The van der Waals surface area contributed by atoms with Gasteiger partial charge in [-0.25, -0.2) is 0 Å². The van der Waals surface area contributed by atoms with Gasteiger partial charge in [0, 0.05) is 0 Å². The molecule has 0 bridgehead atoms. The monoisotopic (exact) mass is 302 g/mol. The van der Waals surface area contributed by atoms with Crippen molar-refractivity contribution in [3.05, 3.63) is 59.7 Å². The van der Waals surface area contributed by atoms with E-state index in [0.717, 1.165) is 11.3 Å². The first-order chi connectivity index (χ1) is 8.78. The van der Waals surface area contributed by atoms with E-state index in [4.69, 9.17) is 4.74 Å². The van der Waals surface area contributed by atoms with Crippen molar-refractivity contribution in [2.45, 2.75) is 6.92 Å². The quantitative estimate of drug-likeness (QED) is 0.611. The van der Waals surface area contributed by atoms with Gasteiger partial charge < -0.3 is 0 Å². The van der Waals surface area contributed by atoms with Crippen LogP contribution in [0.15, 0.2) is 48.5 Å². The van der Waals surface area contributed by atoms with Crippen molar-refractivity contribution in [1.82, 2.24) is 0 Å². The third-order valence-electron chi connectivity index (χ3n) is 2.48. The Labute approximate surface area is 114 Å². The Kier molecular flexibility index (Phi) is 4.47. The van der Waals surface area contributed by atoms with Crippen LogP contribution in [0.1, 0.15) is 11.1 Å². The van der Waals surface area contributed by atoms with Crippen LogP contribution >= 0.6 is 0 Å². The maximum absolute atomic E-state index is 5.11. The van der Waals surface area contributed by atoms with Gasteiger partial charge in [0.25, 0.3) is 0 Å². The molecule has 0 atom stereocenters. The second-order valence-electron chi connectivity index (χ2n) is 3.87. The predicted octanol–water partition coefficient (Wildman–Crippen LogP) is 2.34. The van der Waals surface area contributed by atoms with E-state index in [1.807, 2.05) is 24.3 Å². The normalized spacial score (nSPS) is 9.44. The summed E-state index contributed by atoms with van der Waals surface area (Å²) in [7, 11) is 1.67. The SMILES string of the molecule is COc1ccc(C#C[Se]c2ccc(C)cc2)cc1. The van der Waals surface area contributed by atoms with Crippen molar-refractivity contribution in [2.75, 3.05) is 7.11 Å². The van der Waals surface area contributed by atoms with Gasteiger partial charge in [0.15, 0.2) is 0 Å². The number of hydrogen-bond donors (Lipinski definition) is 0. The molecule has 1 nitrogen and oxygen atoms in total. The molecule has 0 unspecified atom stereocenters. The molecule has 2 aromatic rings. The van der Waals surface area contributed by atoms with Crippen LogP contribution in [0.2, 0.25) is 0 Å². The van der Waals surface area contributed by atoms with E-state index in [1.54, 1.807) is 7.11 Å². The van der Waals surface area contributed by atoms with Crippen LogP contribution in [0.3, 0.4) is 0 Å². The van der Waals surface area contributed by atoms with Crippen LogP contribution in [0.25, 0.3) is 0 Å². The minimum absolute atomic E-state index is 0.216. The molecule has 0 fully saturated rings. The van der Waals surface area contributed by atoms with Gasteiger partial charge in [-0.15, -0.1) is 0 Å². The van der Waals surface area contributed by atoms with Gasteiger partial charge in [0.2, 0.25) is 0 Å². The summed E-state index contributed by atoms with van der Waals surface area (Å²) >= 11 is 0.216. The summed E-state index contributed by atoms with van der Waals surface area (Å²) in [6.07, 6.45) is 0. The molecule has 0 saturated heterocycles. The summed E-state index contributed by atoms with van der Waals surface area (Å²) in [6.45, 7) is 2.10. The van der Waals surface area contributed by atoms with Crippen LogP contribution in [0.5, 0.6) is 5.75 Å². The van der Waals surface area contributed by atoms with E-state index in [-0.39, 0.29) is 15.0 Å². The van der Waals surface area contributed by atoms with E-state index in [1.165, 1.54) is 10.0 Å². The van der Waals surface area contributed by atoms with Gasteiger partial charge in [-0.1, -0.05) is 0 Å². The van der Waals surface area contributed by atoms with Gasteiger partial charge in [-0.2, -0.15) is 0 Å². The number of ether oxygens (including phenoxy) is 1. The van der Waals surface area contributed by atoms with Crippen LogP contribution in [-0.2, 0) is 0 Å². The maximum atomic E-state index is 5.11. The fourth-order valence-electron chi connectivity index (χ4n) is 1.42. The number of benzene rings is 2. The summed E-state index contributed by atoms with van der Waals surface area (Å²) in [6, 6.07) is 16.4. The average Bonchev–Trinajstić information content (AvgIpc) is 2.42. The van der Waals surface area contributed by atoms with Crippen LogP contribution < -0.4 is 9.20 Å². The summed E-state index contributed by atoms with van der Waals surface area (Å²) in [5, 5.41) is 0. The molecule has 0 amide bonds. The van der Waals surface area contributed by atoms with Crippen molar-refractivity contribution in [3.8, 4) is 16.5 Å². The molecule has 18 heavy (non-hydrogen) atoms. The summed E-state index contributed by atoms with van der Waals surface area (Å²) in [5.41, 5.74) is 2.32. The molecule has 2 heteroatoms. The van der Waals surface area contributed by atoms with Crippen molar-refractivity contribution < 1.29 is 4.74 Å². The molecule has 0 radical (unpaired) electrons. The third-order valence-corrected chi connectivity index (χ3v) is 3.97. The second-order valence-corrected chi connectivity index (χ2v) is 5.72. The molecular formula is C16H14OSe. The van der Waals surface area contributed by atoms with E-state index >= 15 is 0 Å². The van der Waals surface area contributed by atoms with Crippen LogP contribution in [-0.4, -0.2) is 22.1 Å². The summed E-state index contributed by atoms with van der Waals surface area (Å²) in [4.78, 5) is 3.25. The zero-order valence-corrected chi connectivity index (χ0v) is 12.1. The molecule has 0 N–H and O–H groups in total. The van der Waals surface area contributed by atoms with Crippen molar-refractivity contribution in [1.29, 1.82) is 0 Å². The number of aryl methyl sites for hydroxylation is 1. The van der Waals surface area contributed by atoms with Gasteiger partial charge in [0.1, 0.15) is 0 Å². The Morgan fingerprint density at radius 2 is 1.61 bits per heavy atom. The molecule has 2 rings (SSSR count). The summed E-state index contributed by atoms with van der Waals surface area (Å²) in [5.74, 6) is 4.05. The molecule has 2 aromatic carbocycles. The van der Waals surface area contributed by atoms with Crippen molar-refractivity contribution >= 4 is 19.4 Å². The van der Waals surface area contributed by atoms with E-state index in [9.17, 15) is 0 Å². The first-order valence-corrected chi connectivity index (χ1v) is 7.38. The molecule has 0 heterocycles.